The van der Waals surface area contributed by atoms with Crippen LogP contribution in [0.3, 0.4) is 0 Å². The van der Waals surface area contributed by atoms with E-state index in [1.807, 2.05) is 18.2 Å². The van der Waals surface area contributed by atoms with E-state index in [2.05, 4.69) is 5.32 Å². The topological polar surface area (TPSA) is 46.2 Å². The molecule has 1 aliphatic carbocycles. The Bertz CT molecular complexity index is 510. The Morgan fingerprint density at radius 3 is 2.58 bits per heavy atom. The third-order valence-corrected chi connectivity index (χ3v) is 5.70. The Morgan fingerprint density at radius 2 is 1.89 bits per heavy atom. The fourth-order valence-electron chi connectivity index (χ4n) is 2.57. The van der Waals surface area contributed by atoms with Gasteiger partial charge in [-0.3, -0.25) is 0 Å². The highest BCUT2D eigenvalue weighted by Crippen LogP contribution is 2.26. The summed E-state index contributed by atoms with van der Waals surface area (Å²) in [6, 6.07) is 7.37. The van der Waals surface area contributed by atoms with Crippen LogP contribution in [0.4, 0.5) is 5.69 Å². The van der Waals surface area contributed by atoms with E-state index in [9.17, 15) is 8.42 Å². The van der Waals surface area contributed by atoms with Gasteiger partial charge in [-0.15, -0.1) is 0 Å². The summed E-state index contributed by atoms with van der Waals surface area (Å²) in [6.07, 6.45) is 4.49. The molecule has 0 unspecified atom stereocenters. The van der Waals surface area contributed by atoms with Crippen molar-refractivity contribution in [1.29, 1.82) is 0 Å². The molecule has 0 bridgehead atoms. The number of anilines is 1. The van der Waals surface area contributed by atoms with Gasteiger partial charge in [0.15, 0.2) is 9.84 Å². The molecule has 0 amide bonds. The van der Waals surface area contributed by atoms with E-state index in [0.29, 0.717) is 23.2 Å². The number of hydrogen-bond acceptors (Lipinski definition) is 3. The number of sulfone groups is 1. The number of para-hydroxylation sites is 1. The van der Waals surface area contributed by atoms with Gasteiger partial charge in [0.05, 0.1) is 22.2 Å². The van der Waals surface area contributed by atoms with Crippen molar-refractivity contribution < 1.29 is 8.42 Å². The zero-order chi connectivity index (χ0) is 13.7. The van der Waals surface area contributed by atoms with E-state index in [-0.39, 0.29) is 5.75 Å². The molecule has 1 aromatic rings. The first-order valence-electron chi connectivity index (χ1n) is 6.76. The SMILES string of the molecule is O=S(=O)(CCNc1ccccc1Cl)CC1CCCC1. The fraction of sp³-hybridized carbons (Fsp3) is 0.571. The molecule has 1 aromatic carbocycles. The molecule has 0 heterocycles. The van der Waals surface area contributed by atoms with Gasteiger partial charge in [0.2, 0.25) is 0 Å². The first-order chi connectivity index (χ1) is 9.07. The lowest BCUT2D eigenvalue weighted by Crippen LogP contribution is -2.22. The minimum Gasteiger partial charge on any atom is -0.383 e. The molecule has 1 fully saturated rings. The van der Waals surface area contributed by atoms with Crippen molar-refractivity contribution in [2.24, 2.45) is 5.92 Å². The summed E-state index contributed by atoms with van der Waals surface area (Å²) in [7, 11) is -2.95. The smallest absolute Gasteiger partial charge is 0.152 e. The lowest BCUT2D eigenvalue weighted by molar-refractivity contribution is 0.559. The zero-order valence-electron chi connectivity index (χ0n) is 10.9. The maximum absolute atomic E-state index is 12.0. The van der Waals surface area contributed by atoms with Crippen molar-refractivity contribution >= 4 is 27.1 Å². The average Bonchev–Trinajstić information content (AvgIpc) is 2.83. The van der Waals surface area contributed by atoms with Gasteiger partial charge in [-0.25, -0.2) is 8.42 Å². The lowest BCUT2D eigenvalue weighted by atomic mass is 10.1. The van der Waals surface area contributed by atoms with Gasteiger partial charge < -0.3 is 5.32 Å². The first kappa shape index (κ1) is 14.7. The monoisotopic (exact) mass is 301 g/mol. The van der Waals surface area contributed by atoms with Crippen LogP contribution in [-0.2, 0) is 9.84 Å². The predicted molar refractivity (Wildman–Crippen MR) is 80.6 cm³/mol. The van der Waals surface area contributed by atoms with Crippen molar-refractivity contribution in [3.8, 4) is 0 Å². The summed E-state index contributed by atoms with van der Waals surface area (Å²) in [4.78, 5) is 0. The number of halogens is 1. The van der Waals surface area contributed by atoms with Crippen molar-refractivity contribution in [1.82, 2.24) is 0 Å². The molecular weight excluding hydrogens is 282 g/mol. The largest absolute Gasteiger partial charge is 0.383 e. The fourth-order valence-corrected chi connectivity index (χ4v) is 4.40. The standard InChI is InChI=1S/C14H20ClNO2S/c15-13-7-3-4-8-14(13)16-9-10-19(17,18)11-12-5-1-2-6-12/h3-4,7-8,12,16H,1-2,5-6,9-11H2. The third kappa shape index (κ3) is 4.69. The molecule has 2 rings (SSSR count). The number of hydrogen-bond donors (Lipinski definition) is 1. The van der Waals surface area contributed by atoms with Crippen LogP contribution in [-0.4, -0.2) is 26.5 Å². The number of rotatable bonds is 6. The molecule has 0 saturated heterocycles. The summed E-state index contributed by atoms with van der Waals surface area (Å²) in [6.45, 7) is 0.415. The molecule has 106 valence electrons. The molecule has 0 spiro atoms. The van der Waals surface area contributed by atoms with Crippen molar-refractivity contribution in [3.63, 3.8) is 0 Å². The Hall–Kier alpha value is -0.740. The van der Waals surface area contributed by atoms with Crippen LogP contribution in [0.25, 0.3) is 0 Å². The van der Waals surface area contributed by atoms with E-state index >= 15 is 0 Å². The van der Waals surface area contributed by atoms with Crippen molar-refractivity contribution in [2.75, 3.05) is 23.4 Å². The van der Waals surface area contributed by atoms with E-state index in [0.717, 1.165) is 18.5 Å². The van der Waals surface area contributed by atoms with E-state index < -0.39 is 9.84 Å². The first-order valence-corrected chi connectivity index (χ1v) is 8.95. The summed E-state index contributed by atoms with van der Waals surface area (Å²) in [5, 5.41) is 3.70. The Kier molecular flexibility index (Phi) is 5.11. The van der Waals surface area contributed by atoms with Crippen LogP contribution in [0.1, 0.15) is 25.7 Å². The molecule has 0 radical (unpaired) electrons. The summed E-state index contributed by atoms with van der Waals surface area (Å²) >= 11 is 6.00. The minimum atomic E-state index is -2.95. The van der Waals surface area contributed by atoms with Crippen LogP contribution >= 0.6 is 11.6 Å². The molecule has 0 aliphatic heterocycles. The Morgan fingerprint density at radius 1 is 1.21 bits per heavy atom. The molecule has 0 atom stereocenters. The highest BCUT2D eigenvalue weighted by atomic mass is 35.5. The molecule has 1 aliphatic rings. The third-order valence-electron chi connectivity index (χ3n) is 3.57. The van der Waals surface area contributed by atoms with Gasteiger partial charge in [0.1, 0.15) is 0 Å². The second-order valence-corrected chi connectivity index (χ2v) is 7.81. The minimum absolute atomic E-state index is 0.175. The molecule has 19 heavy (non-hydrogen) atoms. The normalized spacial score (nSPS) is 16.7. The number of nitrogens with one attached hydrogen (secondary N) is 1. The van der Waals surface area contributed by atoms with Crippen LogP contribution in [0.2, 0.25) is 5.02 Å². The van der Waals surface area contributed by atoms with Gasteiger partial charge in [-0.2, -0.15) is 0 Å². The maximum Gasteiger partial charge on any atom is 0.152 e. The molecular formula is C14H20ClNO2S. The molecule has 1 saturated carbocycles. The predicted octanol–water partition coefficient (Wildman–Crippen LogP) is 3.36. The highest BCUT2D eigenvalue weighted by Gasteiger charge is 2.22. The lowest BCUT2D eigenvalue weighted by Gasteiger charge is -2.11. The molecule has 3 nitrogen and oxygen atoms in total. The van der Waals surface area contributed by atoms with Gasteiger partial charge in [0.25, 0.3) is 0 Å². The van der Waals surface area contributed by atoms with E-state index in [1.165, 1.54) is 12.8 Å². The summed E-state index contributed by atoms with van der Waals surface area (Å²) in [5.41, 5.74) is 0.792. The summed E-state index contributed by atoms with van der Waals surface area (Å²) < 4.78 is 24.0. The van der Waals surface area contributed by atoms with Crippen molar-refractivity contribution in [2.45, 2.75) is 25.7 Å². The van der Waals surface area contributed by atoms with Crippen LogP contribution in [0.15, 0.2) is 24.3 Å². The molecule has 5 heteroatoms. The van der Waals surface area contributed by atoms with E-state index in [4.69, 9.17) is 11.6 Å². The van der Waals surface area contributed by atoms with Crippen LogP contribution in [0.5, 0.6) is 0 Å². The van der Waals surface area contributed by atoms with Gasteiger partial charge in [-0.05, 0) is 30.9 Å². The average molecular weight is 302 g/mol. The summed E-state index contributed by atoms with van der Waals surface area (Å²) in [5.74, 6) is 0.900. The maximum atomic E-state index is 12.0. The Labute approximate surface area is 120 Å². The van der Waals surface area contributed by atoms with Crippen molar-refractivity contribution in [3.05, 3.63) is 29.3 Å². The van der Waals surface area contributed by atoms with Gasteiger partial charge in [0, 0.05) is 6.54 Å². The van der Waals surface area contributed by atoms with Gasteiger partial charge >= 0.3 is 0 Å². The Balaban J connectivity index is 1.79. The second kappa shape index (κ2) is 6.62. The van der Waals surface area contributed by atoms with E-state index in [1.54, 1.807) is 6.07 Å². The zero-order valence-corrected chi connectivity index (χ0v) is 12.5. The molecule has 1 N–H and O–H groups in total. The van der Waals surface area contributed by atoms with Crippen LogP contribution in [0, 0.1) is 5.92 Å². The molecule has 0 aromatic heterocycles. The number of benzene rings is 1. The quantitative estimate of drug-likeness (QED) is 0.876. The van der Waals surface area contributed by atoms with Gasteiger partial charge in [-0.1, -0.05) is 36.6 Å². The second-order valence-electron chi connectivity index (χ2n) is 5.17. The van der Waals surface area contributed by atoms with Crippen LogP contribution < -0.4 is 5.32 Å². The highest BCUT2D eigenvalue weighted by molar-refractivity contribution is 7.91.